The second-order valence-corrected chi connectivity index (χ2v) is 5.22. The lowest BCUT2D eigenvalue weighted by atomic mass is 10.1. The molecule has 1 aliphatic rings. The first-order valence-electron chi connectivity index (χ1n) is 7.02. The molecule has 0 bridgehead atoms. The molecule has 3 rings (SSSR count). The summed E-state index contributed by atoms with van der Waals surface area (Å²) < 4.78 is 0. The van der Waals surface area contributed by atoms with Crippen molar-refractivity contribution >= 4 is 5.91 Å². The van der Waals surface area contributed by atoms with E-state index in [2.05, 4.69) is 19.9 Å². The monoisotopic (exact) mass is 283 g/mol. The Hall–Kier alpha value is -2.37. The van der Waals surface area contributed by atoms with Crippen LogP contribution >= 0.6 is 0 Å². The number of fused-ring (bicyclic) bond motifs is 1. The number of carbonyl (C=O) groups is 1. The van der Waals surface area contributed by atoms with Gasteiger partial charge in [-0.3, -0.25) is 9.78 Å². The molecule has 3 heterocycles. The van der Waals surface area contributed by atoms with Crippen molar-refractivity contribution < 1.29 is 4.79 Å². The first kappa shape index (κ1) is 13.6. The lowest BCUT2D eigenvalue weighted by Gasteiger charge is -2.19. The largest absolute Gasteiger partial charge is 0.337 e. The van der Waals surface area contributed by atoms with Gasteiger partial charge in [0.05, 0.1) is 11.9 Å². The van der Waals surface area contributed by atoms with E-state index in [1.54, 1.807) is 18.7 Å². The van der Waals surface area contributed by atoms with E-state index >= 15 is 0 Å². The summed E-state index contributed by atoms with van der Waals surface area (Å²) in [6, 6.07) is 0. The van der Waals surface area contributed by atoms with E-state index in [0.717, 1.165) is 29.9 Å². The third-order valence-corrected chi connectivity index (χ3v) is 3.79. The van der Waals surface area contributed by atoms with Gasteiger partial charge in [-0.2, -0.15) is 0 Å². The molecule has 1 amide bonds. The van der Waals surface area contributed by atoms with Crippen molar-refractivity contribution in [3.8, 4) is 0 Å². The van der Waals surface area contributed by atoms with E-state index in [1.165, 1.54) is 5.56 Å². The number of aromatic nitrogens is 4. The van der Waals surface area contributed by atoms with Crippen molar-refractivity contribution in [2.24, 2.45) is 0 Å². The predicted octanol–water partition coefficient (Wildman–Crippen LogP) is 1.12. The highest BCUT2D eigenvalue weighted by Gasteiger charge is 2.22. The Bertz CT molecular complexity index is 668. The number of amides is 1. The summed E-state index contributed by atoms with van der Waals surface area (Å²) >= 11 is 0. The minimum absolute atomic E-state index is 0.0686. The molecule has 2 aromatic heterocycles. The quantitative estimate of drug-likeness (QED) is 0.784. The van der Waals surface area contributed by atoms with Crippen LogP contribution in [0.2, 0.25) is 0 Å². The van der Waals surface area contributed by atoms with Gasteiger partial charge < -0.3 is 4.90 Å². The van der Waals surface area contributed by atoms with E-state index in [1.807, 2.05) is 18.7 Å². The highest BCUT2D eigenvalue weighted by Crippen LogP contribution is 2.16. The smallest absolute Gasteiger partial charge is 0.274 e. The first-order chi connectivity index (χ1) is 10.1. The van der Waals surface area contributed by atoms with Gasteiger partial charge >= 0.3 is 0 Å². The zero-order valence-corrected chi connectivity index (χ0v) is 12.2. The van der Waals surface area contributed by atoms with Crippen LogP contribution in [0.15, 0.2) is 18.7 Å². The zero-order valence-electron chi connectivity index (χ0n) is 12.2. The Labute approximate surface area is 123 Å². The fourth-order valence-electron chi connectivity index (χ4n) is 2.56. The van der Waals surface area contributed by atoms with Gasteiger partial charge in [-0.25, -0.2) is 15.0 Å². The van der Waals surface area contributed by atoms with Crippen LogP contribution in [-0.2, 0) is 12.8 Å². The summed E-state index contributed by atoms with van der Waals surface area (Å²) in [5.74, 6) is -0.0686. The molecule has 0 aromatic carbocycles. The van der Waals surface area contributed by atoms with Gasteiger partial charge in [-0.1, -0.05) is 0 Å². The van der Waals surface area contributed by atoms with Crippen LogP contribution in [-0.4, -0.2) is 43.8 Å². The molecular formula is C15H17N5O. The third-order valence-electron chi connectivity index (χ3n) is 3.79. The van der Waals surface area contributed by atoms with Gasteiger partial charge in [0.2, 0.25) is 0 Å². The van der Waals surface area contributed by atoms with Crippen LogP contribution in [0, 0.1) is 13.8 Å². The molecule has 0 saturated heterocycles. The SMILES string of the molecule is Cc1cnc(C(=O)N2CCc3ncnc(C)c3CC2)cn1. The van der Waals surface area contributed by atoms with Crippen molar-refractivity contribution in [2.75, 3.05) is 13.1 Å². The average molecular weight is 283 g/mol. The summed E-state index contributed by atoms with van der Waals surface area (Å²) in [7, 11) is 0. The number of carbonyl (C=O) groups excluding carboxylic acids is 1. The fourth-order valence-corrected chi connectivity index (χ4v) is 2.56. The number of aryl methyl sites for hydroxylation is 2. The minimum atomic E-state index is -0.0686. The van der Waals surface area contributed by atoms with Crippen molar-refractivity contribution in [2.45, 2.75) is 26.7 Å². The van der Waals surface area contributed by atoms with Crippen LogP contribution < -0.4 is 0 Å². The predicted molar refractivity (Wildman–Crippen MR) is 76.8 cm³/mol. The van der Waals surface area contributed by atoms with Crippen LogP contribution in [0.4, 0.5) is 0 Å². The molecule has 6 heteroatoms. The standard InChI is InChI=1S/C15H17N5O/c1-10-7-17-14(8-16-10)15(21)20-5-3-12-11(2)18-9-19-13(12)4-6-20/h7-9H,3-6H2,1-2H3. The number of nitrogens with zero attached hydrogens (tertiary/aromatic N) is 5. The maximum Gasteiger partial charge on any atom is 0.274 e. The molecule has 1 aliphatic heterocycles. The fraction of sp³-hybridized carbons (Fsp3) is 0.400. The highest BCUT2D eigenvalue weighted by atomic mass is 16.2. The molecule has 0 N–H and O–H groups in total. The van der Waals surface area contributed by atoms with Crippen LogP contribution in [0.25, 0.3) is 0 Å². The molecule has 0 saturated carbocycles. The highest BCUT2D eigenvalue weighted by molar-refractivity contribution is 5.92. The van der Waals surface area contributed by atoms with Gasteiger partial charge in [0.1, 0.15) is 12.0 Å². The minimum Gasteiger partial charge on any atom is -0.337 e. The summed E-state index contributed by atoms with van der Waals surface area (Å²) in [5, 5.41) is 0. The summed E-state index contributed by atoms with van der Waals surface area (Å²) in [6.45, 7) is 5.15. The number of rotatable bonds is 1. The van der Waals surface area contributed by atoms with E-state index in [9.17, 15) is 4.79 Å². The zero-order chi connectivity index (χ0) is 14.8. The number of hydrogen-bond acceptors (Lipinski definition) is 5. The van der Waals surface area contributed by atoms with E-state index in [-0.39, 0.29) is 5.91 Å². The molecule has 6 nitrogen and oxygen atoms in total. The molecule has 0 fully saturated rings. The summed E-state index contributed by atoms with van der Waals surface area (Å²) in [5.41, 5.74) is 4.43. The molecular weight excluding hydrogens is 266 g/mol. The third kappa shape index (κ3) is 2.74. The Morgan fingerprint density at radius 2 is 1.86 bits per heavy atom. The Balaban J connectivity index is 1.79. The lowest BCUT2D eigenvalue weighted by molar-refractivity contribution is 0.0756. The number of hydrogen-bond donors (Lipinski definition) is 0. The van der Waals surface area contributed by atoms with Crippen LogP contribution in [0.1, 0.15) is 33.1 Å². The van der Waals surface area contributed by atoms with E-state index in [4.69, 9.17) is 0 Å². The summed E-state index contributed by atoms with van der Waals surface area (Å²) in [6.07, 6.45) is 6.30. The van der Waals surface area contributed by atoms with Gasteiger partial charge in [0.25, 0.3) is 5.91 Å². The molecule has 21 heavy (non-hydrogen) atoms. The van der Waals surface area contributed by atoms with Crippen molar-refractivity contribution in [1.82, 2.24) is 24.8 Å². The lowest BCUT2D eigenvalue weighted by Crippen LogP contribution is -2.34. The van der Waals surface area contributed by atoms with Crippen molar-refractivity contribution in [1.29, 1.82) is 0 Å². The Morgan fingerprint density at radius 3 is 2.62 bits per heavy atom. The van der Waals surface area contributed by atoms with Crippen LogP contribution in [0.3, 0.4) is 0 Å². The van der Waals surface area contributed by atoms with Gasteiger partial charge in [0.15, 0.2) is 0 Å². The molecule has 0 unspecified atom stereocenters. The average Bonchev–Trinajstić information content (AvgIpc) is 2.71. The topological polar surface area (TPSA) is 71.9 Å². The first-order valence-corrected chi connectivity index (χ1v) is 7.02. The van der Waals surface area contributed by atoms with E-state index < -0.39 is 0 Å². The van der Waals surface area contributed by atoms with Gasteiger partial charge in [-0.15, -0.1) is 0 Å². The van der Waals surface area contributed by atoms with Crippen molar-refractivity contribution in [3.63, 3.8) is 0 Å². The molecule has 108 valence electrons. The van der Waals surface area contributed by atoms with Crippen LogP contribution in [0.5, 0.6) is 0 Å². The second kappa shape index (κ2) is 5.55. The maximum atomic E-state index is 12.5. The molecule has 2 aromatic rings. The molecule has 0 atom stereocenters. The second-order valence-electron chi connectivity index (χ2n) is 5.22. The maximum absolute atomic E-state index is 12.5. The Morgan fingerprint density at radius 1 is 1.05 bits per heavy atom. The van der Waals surface area contributed by atoms with Gasteiger partial charge in [0, 0.05) is 37.1 Å². The Kier molecular flexibility index (Phi) is 3.60. The molecule has 0 spiro atoms. The molecule has 0 radical (unpaired) electrons. The molecule has 0 aliphatic carbocycles. The summed E-state index contributed by atoms with van der Waals surface area (Å²) in [4.78, 5) is 31.2. The van der Waals surface area contributed by atoms with Crippen molar-refractivity contribution in [3.05, 3.63) is 47.1 Å². The normalized spacial score (nSPS) is 14.5. The van der Waals surface area contributed by atoms with E-state index in [0.29, 0.717) is 18.8 Å². The van der Waals surface area contributed by atoms with Gasteiger partial charge in [-0.05, 0) is 25.8 Å².